The number of benzene rings is 3. The number of nitrogen functional groups attached to an aromatic ring is 1. The number of nitrogens with two attached hydrogens (primary N) is 1. The maximum Gasteiger partial charge on any atom is 0.411 e. The Balaban J connectivity index is 1.29. The molecule has 0 saturated carbocycles. The predicted octanol–water partition coefficient (Wildman–Crippen LogP) is 6.54. The largest absolute Gasteiger partial charge is 0.481 e. The highest BCUT2D eigenvalue weighted by molar-refractivity contribution is 7.20. The number of likely N-dealkylation sites (tertiary alicyclic amines) is 1. The van der Waals surface area contributed by atoms with Crippen LogP contribution in [-0.2, 0) is 11.3 Å². The number of thiophene rings is 1. The highest BCUT2D eigenvalue weighted by Crippen LogP contribution is 2.35. The summed E-state index contributed by atoms with van der Waals surface area (Å²) in [6, 6.07) is 25.2. The second kappa shape index (κ2) is 12.1. The number of para-hydroxylation sites is 1. The molecule has 1 amide bonds. The van der Waals surface area contributed by atoms with Gasteiger partial charge in [-0.15, -0.1) is 11.3 Å². The molecular weight excluding hydrogens is 496 g/mol. The Bertz CT molecular complexity index is 1400. The fourth-order valence-electron chi connectivity index (χ4n) is 4.72. The summed E-state index contributed by atoms with van der Waals surface area (Å²) in [5.74, 6) is 0.674. The Morgan fingerprint density at radius 3 is 2.55 bits per heavy atom. The van der Waals surface area contributed by atoms with Crippen LogP contribution in [0.4, 0.5) is 10.5 Å². The van der Waals surface area contributed by atoms with Crippen molar-refractivity contribution in [3.63, 3.8) is 0 Å². The monoisotopic (exact) mass is 528 g/mol. The number of nitrogens with zero attached hydrogens (tertiary/aromatic N) is 1. The Kier molecular flexibility index (Phi) is 8.21. The molecule has 0 radical (unpaired) electrons. The molecule has 7 nitrogen and oxygen atoms in total. The van der Waals surface area contributed by atoms with E-state index in [9.17, 15) is 4.79 Å². The average Bonchev–Trinajstić information content (AvgIpc) is 3.39. The van der Waals surface area contributed by atoms with Crippen LogP contribution in [0.2, 0.25) is 0 Å². The number of carbonyl (C=O) groups excluding carboxylic acids is 1. The second-order valence-electron chi connectivity index (χ2n) is 9.43. The summed E-state index contributed by atoms with van der Waals surface area (Å²) in [6.07, 6.45) is 2.68. The van der Waals surface area contributed by atoms with Gasteiger partial charge in [-0.25, -0.2) is 4.79 Å². The van der Waals surface area contributed by atoms with Crippen LogP contribution in [0.5, 0.6) is 5.75 Å². The van der Waals surface area contributed by atoms with Crippen LogP contribution in [0.25, 0.3) is 10.1 Å². The maximum atomic E-state index is 12.9. The van der Waals surface area contributed by atoms with E-state index >= 15 is 0 Å². The highest BCUT2D eigenvalue weighted by atomic mass is 32.1. The van der Waals surface area contributed by atoms with Crippen LogP contribution >= 0.6 is 11.3 Å². The van der Waals surface area contributed by atoms with Crippen molar-refractivity contribution in [1.82, 2.24) is 4.90 Å². The summed E-state index contributed by atoms with van der Waals surface area (Å²) in [5.41, 5.74) is 8.45. The SMILES string of the molecule is N=C(N)c1cc2c(OC(COC(=O)Nc3ccccc3CN3CCCCC3)c3ccccc3)cccc2s1. The van der Waals surface area contributed by atoms with Crippen molar-refractivity contribution in [3.05, 3.63) is 94.9 Å². The van der Waals surface area contributed by atoms with E-state index in [2.05, 4.69) is 16.3 Å². The number of fused-ring (bicyclic) bond motifs is 1. The van der Waals surface area contributed by atoms with Crippen molar-refractivity contribution in [2.45, 2.75) is 31.9 Å². The van der Waals surface area contributed by atoms with Crippen molar-refractivity contribution in [3.8, 4) is 5.75 Å². The van der Waals surface area contributed by atoms with Crippen LogP contribution in [0.3, 0.4) is 0 Å². The summed E-state index contributed by atoms with van der Waals surface area (Å²) >= 11 is 1.45. The first-order valence-corrected chi connectivity index (χ1v) is 13.7. The standard InChI is InChI=1S/C30H32N4O3S/c31-29(32)28-18-23-25(14-9-15-27(23)38-28)37-26(21-10-3-1-4-11-21)20-36-30(35)33-24-13-6-5-12-22(24)19-34-16-7-2-8-17-34/h1,3-6,9-15,18,26H,2,7-8,16-17,19-20H2,(H3,31,32)(H,33,35). The van der Waals surface area contributed by atoms with Gasteiger partial charge in [-0.1, -0.05) is 61.0 Å². The first-order valence-electron chi connectivity index (χ1n) is 12.9. The number of rotatable bonds is 9. The van der Waals surface area contributed by atoms with E-state index in [-0.39, 0.29) is 12.4 Å². The molecule has 1 atom stereocenters. The molecule has 1 aromatic heterocycles. The highest BCUT2D eigenvalue weighted by Gasteiger charge is 2.20. The summed E-state index contributed by atoms with van der Waals surface area (Å²) in [4.78, 5) is 16.0. The third-order valence-electron chi connectivity index (χ3n) is 6.69. The van der Waals surface area contributed by atoms with Gasteiger partial charge in [-0.3, -0.25) is 15.6 Å². The predicted molar refractivity (Wildman–Crippen MR) is 153 cm³/mol. The quantitative estimate of drug-likeness (QED) is 0.169. The smallest absolute Gasteiger partial charge is 0.411 e. The lowest BCUT2D eigenvalue weighted by atomic mass is 10.1. The first kappa shape index (κ1) is 25.8. The van der Waals surface area contributed by atoms with Crippen LogP contribution in [0.15, 0.2) is 78.9 Å². The van der Waals surface area contributed by atoms with Gasteiger partial charge >= 0.3 is 6.09 Å². The fourth-order valence-corrected chi connectivity index (χ4v) is 5.66. The number of nitrogens with one attached hydrogen (secondary N) is 2. The van der Waals surface area contributed by atoms with Gasteiger partial charge in [-0.05, 0) is 61.3 Å². The Labute approximate surface area is 226 Å². The zero-order valence-corrected chi connectivity index (χ0v) is 22.0. The number of hydrogen-bond donors (Lipinski definition) is 3. The number of anilines is 1. The molecular formula is C30H32N4O3S. The minimum Gasteiger partial charge on any atom is -0.481 e. The zero-order chi connectivity index (χ0) is 26.3. The summed E-state index contributed by atoms with van der Waals surface area (Å²) in [5, 5.41) is 11.6. The first-order chi connectivity index (χ1) is 18.6. The number of carbonyl (C=O) groups is 1. The van der Waals surface area contributed by atoms with Crippen LogP contribution in [-0.4, -0.2) is 36.5 Å². The van der Waals surface area contributed by atoms with E-state index in [0.717, 1.165) is 46.5 Å². The van der Waals surface area contributed by atoms with Crippen molar-refractivity contribution >= 4 is 39.0 Å². The molecule has 1 saturated heterocycles. The van der Waals surface area contributed by atoms with Crippen molar-refractivity contribution in [1.29, 1.82) is 5.41 Å². The van der Waals surface area contributed by atoms with Crippen LogP contribution in [0, 0.1) is 5.41 Å². The zero-order valence-electron chi connectivity index (χ0n) is 21.2. The lowest BCUT2D eigenvalue weighted by Crippen LogP contribution is -2.29. The maximum absolute atomic E-state index is 12.9. The minimum absolute atomic E-state index is 0.0253. The van der Waals surface area contributed by atoms with Gasteiger partial charge in [-0.2, -0.15) is 0 Å². The molecule has 0 bridgehead atoms. The Morgan fingerprint density at radius 1 is 1.00 bits per heavy atom. The van der Waals surface area contributed by atoms with Crippen molar-refractivity contribution in [2.75, 3.05) is 25.0 Å². The van der Waals surface area contributed by atoms with E-state index in [0.29, 0.717) is 10.6 Å². The molecule has 5 rings (SSSR count). The molecule has 8 heteroatoms. The van der Waals surface area contributed by atoms with Crippen molar-refractivity contribution < 1.29 is 14.3 Å². The summed E-state index contributed by atoms with van der Waals surface area (Å²) < 4.78 is 13.1. The molecule has 38 heavy (non-hydrogen) atoms. The lowest BCUT2D eigenvalue weighted by molar-refractivity contribution is 0.0910. The van der Waals surface area contributed by atoms with E-state index in [1.54, 1.807) is 0 Å². The van der Waals surface area contributed by atoms with Gasteiger partial charge in [0.25, 0.3) is 0 Å². The van der Waals surface area contributed by atoms with Gasteiger partial charge in [0.15, 0.2) is 6.10 Å². The number of ether oxygens (including phenoxy) is 2. The molecule has 1 fully saturated rings. The van der Waals surface area contributed by atoms with Gasteiger partial charge in [0.05, 0.1) is 4.88 Å². The lowest BCUT2D eigenvalue weighted by Gasteiger charge is -2.27. The molecule has 4 N–H and O–H groups in total. The van der Waals surface area contributed by atoms with Crippen molar-refractivity contribution in [2.24, 2.45) is 5.73 Å². The molecule has 3 aromatic carbocycles. The number of hydrogen-bond acceptors (Lipinski definition) is 6. The molecule has 1 aliphatic heterocycles. The number of amides is 1. The van der Waals surface area contributed by atoms with Gasteiger partial charge in [0.2, 0.25) is 0 Å². The van der Waals surface area contributed by atoms with E-state index in [1.807, 2.05) is 72.8 Å². The summed E-state index contributed by atoms with van der Waals surface area (Å²) in [7, 11) is 0. The van der Waals surface area contributed by atoms with E-state index in [4.69, 9.17) is 20.6 Å². The molecule has 0 spiro atoms. The van der Waals surface area contributed by atoms with E-state index in [1.165, 1.54) is 30.6 Å². The van der Waals surface area contributed by atoms with E-state index < -0.39 is 12.2 Å². The summed E-state index contributed by atoms with van der Waals surface area (Å²) in [6.45, 7) is 3.00. The molecule has 4 aromatic rings. The molecule has 1 unspecified atom stereocenters. The molecule has 2 heterocycles. The van der Waals surface area contributed by atoms with Gasteiger partial charge in [0.1, 0.15) is 18.2 Å². The van der Waals surface area contributed by atoms with Gasteiger partial charge in [0, 0.05) is 22.3 Å². The average molecular weight is 529 g/mol. The normalized spacial score (nSPS) is 14.6. The minimum atomic E-state index is -0.520. The number of piperidine rings is 1. The topological polar surface area (TPSA) is 101 Å². The van der Waals surface area contributed by atoms with Gasteiger partial charge < -0.3 is 15.2 Å². The number of amidine groups is 1. The Hall–Kier alpha value is -3.88. The molecule has 0 aliphatic carbocycles. The Morgan fingerprint density at radius 2 is 1.76 bits per heavy atom. The third-order valence-corrected chi connectivity index (χ3v) is 7.82. The van der Waals surface area contributed by atoms with Crippen LogP contribution < -0.4 is 15.8 Å². The molecule has 1 aliphatic rings. The molecule has 196 valence electrons. The third kappa shape index (κ3) is 6.33. The fraction of sp³-hybridized carbons (Fsp3) is 0.267. The second-order valence-corrected chi connectivity index (χ2v) is 10.5. The van der Waals surface area contributed by atoms with Crippen LogP contribution in [0.1, 0.15) is 41.4 Å².